The van der Waals surface area contributed by atoms with Gasteiger partial charge in [-0.2, -0.15) is 5.10 Å². The largest absolute Gasteiger partial charge is 0.375 e. The van der Waals surface area contributed by atoms with Crippen molar-refractivity contribution >= 4 is 11.6 Å². The van der Waals surface area contributed by atoms with Gasteiger partial charge in [-0.05, 0) is 40.2 Å². The Balaban J connectivity index is 2.21. The van der Waals surface area contributed by atoms with Crippen molar-refractivity contribution in [2.24, 2.45) is 18.9 Å². The molecule has 5 heteroatoms. The molecule has 2 heterocycles. The zero-order chi connectivity index (χ0) is 15.0. The summed E-state index contributed by atoms with van der Waals surface area (Å²) in [6.07, 6.45) is 1.48. The van der Waals surface area contributed by atoms with E-state index in [0.29, 0.717) is 24.0 Å². The van der Waals surface area contributed by atoms with Gasteiger partial charge in [0, 0.05) is 24.6 Å². The predicted octanol–water partition coefficient (Wildman–Crippen LogP) is 2.57. The molecule has 0 spiro atoms. The van der Waals surface area contributed by atoms with Crippen LogP contribution in [0.4, 0.5) is 0 Å². The molecule has 0 saturated carbocycles. The first-order chi connectivity index (χ1) is 9.36. The molecule has 0 radical (unpaired) electrons. The van der Waals surface area contributed by atoms with E-state index in [9.17, 15) is 0 Å². The summed E-state index contributed by atoms with van der Waals surface area (Å²) in [6.45, 7) is 8.64. The molecule has 1 aromatic heterocycles. The second kappa shape index (κ2) is 6.04. The third kappa shape index (κ3) is 2.74. The van der Waals surface area contributed by atoms with Crippen molar-refractivity contribution in [3.63, 3.8) is 0 Å². The Bertz CT molecular complexity index is 474. The van der Waals surface area contributed by atoms with Crippen molar-refractivity contribution in [3.05, 3.63) is 16.4 Å². The zero-order valence-corrected chi connectivity index (χ0v) is 14.0. The lowest BCUT2D eigenvalue weighted by atomic mass is 9.81. The van der Waals surface area contributed by atoms with Crippen LogP contribution in [0.15, 0.2) is 0 Å². The van der Waals surface area contributed by atoms with Crippen LogP contribution in [0.1, 0.15) is 32.0 Å². The van der Waals surface area contributed by atoms with E-state index in [1.165, 1.54) is 0 Å². The summed E-state index contributed by atoms with van der Waals surface area (Å²) in [6, 6.07) is 0.352. The van der Waals surface area contributed by atoms with Gasteiger partial charge < -0.3 is 10.1 Å². The maximum atomic E-state index is 6.36. The van der Waals surface area contributed by atoms with Crippen LogP contribution in [0.2, 0.25) is 5.15 Å². The Kier molecular flexibility index (Phi) is 4.77. The second-order valence-electron chi connectivity index (χ2n) is 6.06. The quantitative estimate of drug-likeness (QED) is 0.929. The van der Waals surface area contributed by atoms with Gasteiger partial charge in [-0.3, -0.25) is 4.68 Å². The van der Waals surface area contributed by atoms with Crippen LogP contribution >= 0.6 is 11.6 Å². The molecule has 5 atom stereocenters. The lowest BCUT2D eigenvalue weighted by Gasteiger charge is -2.28. The fraction of sp³-hybridized carbons (Fsp3) is 0.800. The van der Waals surface area contributed by atoms with Crippen molar-refractivity contribution in [1.82, 2.24) is 15.1 Å². The molecule has 0 aliphatic carbocycles. The molecule has 2 rings (SSSR count). The third-order valence-corrected chi connectivity index (χ3v) is 5.32. The van der Waals surface area contributed by atoms with Gasteiger partial charge in [-0.1, -0.05) is 18.5 Å². The fourth-order valence-electron chi connectivity index (χ4n) is 3.54. The second-order valence-corrected chi connectivity index (χ2v) is 6.42. The fourth-order valence-corrected chi connectivity index (χ4v) is 3.80. The highest BCUT2D eigenvalue weighted by Crippen LogP contribution is 2.36. The summed E-state index contributed by atoms with van der Waals surface area (Å²) >= 11 is 6.36. The first-order valence-corrected chi connectivity index (χ1v) is 7.75. The molecule has 1 fully saturated rings. The highest BCUT2D eigenvalue weighted by Gasteiger charge is 2.41. The van der Waals surface area contributed by atoms with Gasteiger partial charge in [0.05, 0.1) is 17.9 Å². The normalized spacial score (nSPS) is 31.8. The molecule has 1 aliphatic rings. The smallest absolute Gasteiger partial charge is 0.130 e. The van der Waals surface area contributed by atoms with Gasteiger partial charge in [0.25, 0.3) is 0 Å². The molecule has 5 unspecified atom stereocenters. The Morgan fingerprint density at radius 3 is 2.40 bits per heavy atom. The average molecular weight is 300 g/mol. The molecular weight excluding hydrogens is 274 g/mol. The highest BCUT2D eigenvalue weighted by molar-refractivity contribution is 6.30. The molecule has 4 nitrogen and oxygen atoms in total. The molecule has 0 aromatic carbocycles. The first-order valence-electron chi connectivity index (χ1n) is 7.37. The summed E-state index contributed by atoms with van der Waals surface area (Å²) in [5, 5.41) is 8.61. The zero-order valence-electron chi connectivity index (χ0n) is 13.3. The van der Waals surface area contributed by atoms with Crippen LogP contribution in [0.25, 0.3) is 0 Å². The van der Waals surface area contributed by atoms with E-state index in [-0.39, 0.29) is 6.10 Å². The van der Waals surface area contributed by atoms with Crippen molar-refractivity contribution in [3.8, 4) is 0 Å². The molecule has 20 heavy (non-hydrogen) atoms. The van der Waals surface area contributed by atoms with Crippen LogP contribution in [-0.2, 0) is 18.2 Å². The SMILES string of the molecule is CNC(Cc1c(C)nn(C)c1Cl)C1C(C)OC(C)C1C. The number of aryl methyl sites for hydroxylation is 2. The monoisotopic (exact) mass is 299 g/mol. The predicted molar refractivity (Wildman–Crippen MR) is 82.2 cm³/mol. The molecule has 0 amide bonds. The van der Waals surface area contributed by atoms with Crippen molar-refractivity contribution in [2.75, 3.05) is 7.05 Å². The number of aromatic nitrogens is 2. The Morgan fingerprint density at radius 2 is 2.00 bits per heavy atom. The molecular formula is C15H26ClN3O. The number of hydrogen-bond donors (Lipinski definition) is 1. The standard InChI is InChI=1S/C15H26ClN3O/c1-8-10(3)20-11(4)14(8)13(17-5)7-12-9(2)18-19(6)15(12)16/h8,10-11,13-14,17H,7H2,1-6H3. The number of halogens is 1. The Morgan fingerprint density at radius 1 is 1.35 bits per heavy atom. The molecule has 1 N–H and O–H groups in total. The van der Waals surface area contributed by atoms with E-state index in [1.807, 2.05) is 21.0 Å². The van der Waals surface area contributed by atoms with Gasteiger partial charge in [0.15, 0.2) is 0 Å². The minimum atomic E-state index is 0.271. The van der Waals surface area contributed by atoms with Gasteiger partial charge in [-0.15, -0.1) is 0 Å². The number of hydrogen-bond acceptors (Lipinski definition) is 3. The summed E-state index contributed by atoms with van der Waals surface area (Å²) in [4.78, 5) is 0. The number of nitrogens with zero attached hydrogens (tertiary/aromatic N) is 2. The molecule has 1 saturated heterocycles. The van der Waals surface area contributed by atoms with Crippen molar-refractivity contribution in [2.45, 2.75) is 52.4 Å². The summed E-state index contributed by atoms with van der Waals surface area (Å²) in [5.74, 6) is 1.03. The maximum Gasteiger partial charge on any atom is 0.130 e. The summed E-state index contributed by atoms with van der Waals surface area (Å²) < 4.78 is 7.73. The number of nitrogens with one attached hydrogen (secondary N) is 1. The Labute approximate surface area is 126 Å². The van der Waals surface area contributed by atoms with Crippen LogP contribution in [0, 0.1) is 18.8 Å². The van der Waals surface area contributed by atoms with Crippen LogP contribution < -0.4 is 5.32 Å². The Hall–Kier alpha value is -0.580. The maximum absolute atomic E-state index is 6.36. The number of likely N-dealkylation sites (N-methyl/N-ethyl adjacent to an activating group) is 1. The van der Waals surface area contributed by atoms with Crippen molar-refractivity contribution in [1.29, 1.82) is 0 Å². The summed E-state index contributed by atoms with van der Waals surface area (Å²) in [7, 11) is 3.91. The van der Waals surface area contributed by atoms with E-state index in [0.717, 1.165) is 22.8 Å². The minimum absolute atomic E-state index is 0.271. The number of rotatable bonds is 4. The lowest BCUT2D eigenvalue weighted by molar-refractivity contribution is 0.0479. The van der Waals surface area contributed by atoms with Gasteiger partial charge in [0.2, 0.25) is 0 Å². The van der Waals surface area contributed by atoms with E-state index < -0.39 is 0 Å². The molecule has 114 valence electrons. The summed E-state index contributed by atoms with van der Waals surface area (Å²) in [5.41, 5.74) is 2.16. The van der Waals surface area contributed by atoms with E-state index in [4.69, 9.17) is 16.3 Å². The topological polar surface area (TPSA) is 39.1 Å². The molecule has 0 bridgehead atoms. The molecule has 1 aliphatic heterocycles. The van der Waals surface area contributed by atoms with E-state index in [1.54, 1.807) is 4.68 Å². The minimum Gasteiger partial charge on any atom is -0.375 e. The lowest BCUT2D eigenvalue weighted by Crippen LogP contribution is -2.41. The van der Waals surface area contributed by atoms with Crippen LogP contribution in [0.3, 0.4) is 0 Å². The van der Waals surface area contributed by atoms with Crippen molar-refractivity contribution < 1.29 is 4.74 Å². The van der Waals surface area contributed by atoms with E-state index >= 15 is 0 Å². The van der Waals surface area contributed by atoms with Crippen LogP contribution in [-0.4, -0.2) is 35.1 Å². The van der Waals surface area contributed by atoms with Gasteiger partial charge >= 0.3 is 0 Å². The molecule has 1 aromatic rings. The van der Waals surface area contributed by atoms with Gasteiger partial charge in [0.1, 0.15) is 5.15 Å². The highest BCUT2D eigenvalue weighted by atomic mass is 35.5. The first kappa shape index (κ1) is 15.8. The van der Waals surface area contributed by atoms with Crippen LogP contribution in [0.5, 0.6) is 0 Å². The average Bonchev–Trinajstić information content (AvgIpc) is 2.77. The number of ether oxygens (including phenoxy) is 1. The van der Waals surface area contributed by atoms with E-state index in [2.05, 4.69) is 31.2 Å². The third-order valence-electron chi connectivity index (χ3n) is 4.85. The van der Waals surface area contributed by atoms with Gasteiger partial charge in [-0.25, -0.2) is 0 Å².